The van der Waals surface area contributed by atoms with Gasteiger partial charge in [-0.15, -0.1) is 0 Å². The highest BCUT2D eigenvalue weighted by Crippen LogP contribution is 2.39. The molecule has 1 aromatic rings. The molecule has 0 aliphatic heterocycles. The first-order valence-corrected chi connectivity index (χ1v) is 6.03. The Morgan fingerprint density at radius 3 is 2.94 bits per heavy atom. The SMILES string of the molecule is CC(CNC(=O)c1cc(C2CC2)no1)CC(=O)O. The van der Waals surface area contributed by atoms with E-state index in [-0.39, 0.29) is 24.0 Å². The van der Waals surface area contributed by atoms with Crippen LogP contribution in [-0.4, -0.2) is 28.7 Å². The van der Waals surface area contributed by atoms with Crippen molar-refractivity contribution in [1.29, 1.82) is 0 Å². The van der Waals surface area contributed by atoms with Crippen molar-refractivity contribution >= 4 is 11.9 Å². The number of carboxylic acid groups (broad SMARTS) is 1. The molecular weight excluding hydrogens is 236 g/mol. The van der Waals surface area contributed by atoms with Crippen LogP contribution in [0.2, 0.25) is 0 Å². The van der Waals surface area contributed by atoms with E-state index in [1.165, 1.54) is 0 Å². The zero-order valence-electron chi connectivity index (χ0n) is 10.2. The van der Waals surface area contributed by atoms with Crippen molar-refractivity contribution in [2.45, 2.75) is 32.1 Å². The van der Waals surface area contributed by atoms with Crippen LogP contribution in [0.1, 0.15) is 48.4 Å². The Morgan fingerprint density at radius 1 is 1.61 bits per heavy atom. The summed E-state index contributed by atoms with van der Waals surface area (Å²) < 4.78 is 4.96. The second-order valence-corrected chi connectivity index (χ2v) is 4.80. The Balaban J connectivity index is 1.81. The first-order chi connectivity index (χ1) is 8.56. The molecule has 1 heterocycles. The molecule has 0 bridgehead atoms. The fourth-order valence-electron chi connectivity index (χ4n) is 1.69. The summed E-state index contributed by atoms with van der Waals surface area (Å²) in [7, 11) is 0. The van der Waals surface area contributed by atoms with E-state index in [4.69, 9.17) is 9.63 Å². The van der Waals surface area contributed by atoms with Gasteiger partial charge < -0.3 is 14.9 Å². The summed E-state index contributed by atoms with van der Waals surface area (Å²) in [6, 6.07) is 1.66. The van der Waals surface area contributed by atoms with Crippen molar-refractivity contribution in [3.8, 4) is 0 Å². The third kappa shape index (κ3) is 3.32. The Bertz CT molecular complexity index is 451. The van der Waals surface area contributed by atoms with Crippen LogP contribution in [-0.2, 0) is 4.79 Å². The van der Waals surface area contributed by atoms with Crippen molar-refractivity contribution in [3.63, 3.8) is 0 Å². The van der Waals surface area contributed by atoms with Gasteiger partial charge >= 0.3 is 5.97 Å². The summed E-state index contributed by atoms with van der Waals surface area (Å²) in [4.78, 5) is 22.2. The lowest BCUT2D eigenvalue weighted by atomic mass is 10.1. The molecule has 2 rings (SSSR count). The van der Waals surface area contributed by atoms with Crippen molar-refractivity contribution in [2.24, 2.45) is 5.92 Å². The van der Waals surface area contributed by atoms with Crippen LogP contribution in [0, 0.1) is 5.92 Å². The molecule has 1 amide bonds. The molecule has 1 saturated carbocycles. The highest BCUT2D eigenvalue weighted by molar-refractivity contribution is 5.91. The highest BCUT2D eigenvalue weighted by Gasteiger charge is 2.28. The largest absolute Gasteiger partial charge is 0.481 e. The van der Waals surface area contributed by atoms with Crippen molar-refractivity contribution in [1.82, 2.24) is 10.5 Å². The Kier molecular flexibility index (Phi) is 3.64. The lowest BCUT2D eigenvalue weighted by Gasteiger charge is -2.08. The smallest absolute Gasteiger partial charge is 0.303 e. The molecule has 1 aliphatic carbocycles. The minimum Gasteiger partial charge on any atom is -0.481 e. The molecule has 0 radical (unpaired) electrons. The van der Waals surface area contributed by atoms with Gasteiger partial charge in [-0.3, -0.25) is 9.59 Å². The maximum atomic E-state index is 11.7. The number of aliphatic carboxylic acids is 1. The average Bonchev–Trinajstić information content (AvgIpc) is 3.03. The topological polar surface area (TPSA) is 92.4 Å². The van der Waals surface area contributed by atoms with Gasteiger partial charge in [0, 0.05) is 24.9 Å². The third-order valence-corrected chi connectivity index (χ3v) is 2.88. The zero-order valence-corrected chi connectivity index (χ0v) is 10.2. The number of amides is 1. The monoisotopic (exact) mass is 252 g/mol. The number of rotatable bonds is 6. The van der Waals surface area contributed by atoms with Crippen LogP contribution in [0.3, 0.4) is 0 Å². The molecule has 6 nitrogen and oxygen atoms in total. The molecule has 0 spiro atoms. The molecule has 1 aromatic heterocycles. The van der Waals surface area contributed by atoms with E-state index in [2.05, 4.69) is 10.5 Å². The molecule has 18 heavy (non-hydrogen) atoms. The van der Waals surface area contributed by atoms with Gasteiger partial charge in [0.05, 0.1) is 5.69 Å². The van der Waals surface area contributed by atoms with E-state index in [9.17, 15) is 9.59 Å². The summed E-state index contributed by atoms with van der Waals surface area (Å²) >= 11 is 0. The quantitative estimate of drug-likeness (QED) is 0.798. The first kappa shape index (κ1) is 12.6. The molecule has 6 heteroatoms. The van der Waals surface area contributed by atoms with Gasteiger partial charge in [0.2, 0.25) is 5.76 Å². The fraction of sp³-hybridized carbons (Fsp3) is 0.583. The van der Waals surface area contributed by atoms with E-state index in [1.807, 2.05) is 0 Å². The second kappa shape index (κ2) is 5.20. The predicted molar refractivity (Wildman–Crippen MR) is 62.2 cm³/mol. The van der Waals surface area contributed by atoms with Crippen molar-refractivity contribution in [3.05, 3.63) is 17.5 Å². The Morgan fingerprint density at radius 2 is 2.33 bits per heavy atom. The molecule has 98 valence electrons. The molecule has 2 N–H and O–H groups in total. The number of carbonyl (C=O) groups is 2. The lowest BCUT2D eigenvalue weighted by Crippen LogP contribution is -2.28. The number of aromatic nitrogens is 1. The predicted octanol–water partition coefficient (Wildman–Crippen LogP) is 1.39. The third-order valence-electron chi connectivity index (χ3n) is 2.88. The van der Waals surface area contributed by atoms with Crippen molar-refractivity contribution < 1.29 is 19.2 Å². The summed E-state index contributed by atoms with van der Waals surface area (Å²) in [6.45, 7) is 2.08. The standard InChI is InChI=1S/C12H16N2O4/c1-7(4-11(15)16)6-13-12(17)10-5-9(14-18-10)8-2-3-8/h5,7-8H,2-4,6H2,1H3,(H,13,17)(H,15,16). The fourth-order valence-corrected chi connectivity index (χ4v) is 1.69. The van der Waals surface area contributed by atoms with Crippen molar-refractivity contribution in [2.75, 3.05) is 6.54 Å². The second-order valence-electron chi connectivity index (χ2n) is 4.80. The van der Waals surface area contributed by atoms with Crippen LogP contribution in [0.5, 0.6) is 0 Å². The minimum atomic E-state index is -0.868. The van der Waals surface area contributed by atoms with Gasteiger partial charge in [-0.1, -0.05) is 12.1 Å². The minimum absolute atomic E-state index is 0.0318. The lowest BCUT2D eigenvalue weighted by molar-refractivity contribution is -0.137. The van der Waals surface area contributed by atoms with Gasteiger partial charge in [0.15, 0.2) is 0 Å². The van der Waals surface area contributed by atoms with Gasteiger partial charge in [0.25, 0.3) is 5.91 Å². The van der Waals surface area contributed by atoms with E-state index in [0.717, 1.165) is 18.5 Å². The van der Waals surface area contributed by atoms with E-state index < -0.39 is 5.97 Å². The molecule has 1 fully saturated rings. The van der Waals surface area contributed by atoms with Gasteiger partial charge in [-0.2, -0.15) is 0 Å². The zero-order chi connectivity index (χ0) is 13.1. The number of hydrogen-bond donors (Lipinski definition) is 2. The van der Waals surface area contributed by atoms with Crippen LogP contribution in [0.4, 0.5) is 0 Å². The molecule has 0 aromatic carbocycles. The van der Waals surface area contributed by atoms with E-state index in [0.29, 0.717) is 12.5 Å². The number of nitrogens with one attached hydrogen (secondary N) is 1. The Hall–Kier alpha value is -1.85. The molecule has 0 saturated heterocycles. The summed E-state index contributed by atoms with van der Waals surface area (Å²) in [5, 5.41) is 15.1. The maximum absolute atomic E-state index is 11.7. The Labute approximate surface area is 104 Å². The van der Waals surface area contributed by atoms with Crippen LogP contribution >= 0.6 is 0 Å². The molecule has 1 aliphatic rings. The highest BCUT2D eigenvalue weighted by atomic mass is 16.5. The van der Waals surface area contributed by atoms with Crippen LogP contribution in [0.25, 0.3) is 0 Å². The van der Waals surface area contributed by atoms with Gasteiger partial charge in [-0.25, -0.2) is 0 Å². The number of hydrogen-bond acceptors (Lipinski definition) is 4. The van der Waals surface area contributed by atoms with Gasteiger partial charge in [-0.05, 0) is 18.8 Å². The van der Waals surface area contributed by atoms with Gasteiger partial charge in [0.1, 0.15) is 0 Å². The molecule has 1 atom stereocenters. The normalized spacial score (nSPS) is 16.3. The molecule has 1 unspecified atom stereocenters. The number of carbonyl (C=O) groups excluding carboxylic acids is 1. The maximum Gasteiger partial charge on any atom is 0.303 e. The van der Waals surface area contributed by atoms with E-state index >= 15 is 0 Å². The summed E-state index contributed by atoms with van der Waals surface area (Å²) in [6.07, 6.45) is 2.23. The summed E-state index contributed by atoms with van der Waals surface area (Å²) in [5.74, 6) is -0.683. The number of nitrogens with zero attached hydrogens (tertiary/aromatic N) is 1. The van der Waals surface area contributed by atoms with E-state index in [1.54, 1.807) is 13.0 Å². The summed E-state index contributed by atoms with van der Waals surface area (Å²) in [5.41, 5.74) is 0.832. The van der Waals surface area contributed by atoms with Crippen LogP contribution < -0.4 is 5.32 Å². The van der Waals surface area contributed by atoms with Crippen LogP contribution in [0.15, 0.2) is 10.6 Å². The first-order valence-electron chi connectivity index (χ1n) is 6.03. The average molecular weight is 252 g/mol. The number of carboxylic acids is 1. The molecular formula is C12H16N2O4.